The highest BCUT2D eigenvalue weighted by atomic mass is 19.1. The summed E-state index contributed by atoms with van der Waals surface area (Å²) in [5.41, 5.74) is 2.89. The van der Waals surface area contributed by atoms with E-state index in [9.17, 15) is 14.3 Å². The van der Waals surface area contributed by atoms with Crippen molar-refractivity contribution in [2.75, 3.05) is 45.3 Å². The quantitative estimate of drug-likeness (QED) is 0.372. The second-order valence-corrected chi connectivity index (χ2v) is 9.11. The van der Waals surface area contributed by atoms with Crippen LogP contribution < -0.4 is 20.0 Å². The maximum absolute atomic E-state index is 14.2. The number of hydrogen-bond donors (Lipinski definition) is 1. The smallest absolute Gasteiger partial charge is 0.344 e. The first-order valence-corrected chi connectivity index (χ1v) is 12.1. The Morgan fingerprint density at radius 3 is 2.41 bits per heavy atom. The number of halogens is 1. The summed E-state index contributed by atoms with van der Waals surface area (Å²) in [6.07, 6.45) is 0. The van der Waals surface area contributed by atoms with Crippen LogP contribution in [-0.2, 0) is 6.54 Å². The molecule has 0 atom stereocenters. The van der Waals surface area contributed by atoms with Crippen LogP contribution in [0.15, 0.2) is 63.8 Å². The normalized spacial score (nSPS) is 14.2. The number of para-hydroxylation sites is 1. The van der Waals surface area contributed by atoms with Crippen molar-refractivity contribution in [1.82, 2.24) is 4.90 Å². The predicted octanol–water partition coefficient (Wildman–Crippen LogP) is 4.95. The van der Waals surface area contributed by atoms with Crippen molar-refractivity contribution < 1.29 is 23.4 Å². The Kier molecular flexibility index (Phi) is 6.76. The van der Waals surface area contributed by atoms with E-state index in [2.05, 4.69) is 4.90 Å². The van der Waals surface area contributed by atoms with E-state index in [1.165, 1.54) is 6.07 Å². The van der Waals surface area contributed by atoms with Crippen LogP contribution in [-0.4, -0.2) is 50.4 Å². The molecule has 8 heteroatoms. The summed E-state index contributed by atoms with van der Waals surface area (Å²) < 4.78 is 30.8. The molecule has 1 saturated heterocycles. The molecule has 1 aromatic heterocycles. The van der Waals surface area contributed by atoms with Crippen molar-refractivity contribution in [2.24, 2.45) is 0 Å². The lowest BCUT2D eigenvalue weighted by Crippen LogP contribution is -2.46. The van der Waals surface area contributed by atoms with Crippen LogP contribution >= 0.6 is 0 Å². The number of benzene rings is 3. The molecule has 0 saturated carbocycles. The number of piperazine rings is 1. The maximum atomic E-state index is 14.2. The van der Waals surface area contributed by atoms with Gasteiger partial charge in [0.2, 0.25) is 0 Å². The van der Waals surface area contributed by atoms with Crippen LogP contribution in [0.2, 0.25) is 0 Å². The molecule has 2 heterocycles. The largest absolute Gasteiger partial charge is 0.507 e. The zero-order chi connectivity index (χ0) is 26.1. The molecule has 0 spiro atoms. The van der Waals surface area contributed by atoms with Gasteiger partial charge in [0.15, 0.2) is 11.5 Å². The summed E-state index contributed by atoms with van der Waals surface area (Å²) >= 11 is 0. The van der Waals surface area contributed by atoms with Crippen molar-refractivity contribution in [3.05, 3.63) is 82.0 Å². The Morgan fingerprint density at radius 2 is 1.70 bits per heavy atom. The third-order valence-corrected chi connectivity index (χ3v) is 7.03. The minimum atomic E-state index is -0.492. The van der Waals surface area contributed by atoms with Crippen LogP contribution in [0.4, 0.5) is 10.1 Å². The highest BCUT2D eigenvalue weighted by Gasteiger charge is 2.23. The van der Waals surface area contributed by atoms with E-state index in [-0.39, 0.29) is 11.6 Å². The second kappa shape index (κ2) is 10.1. The standard InChI is InChI=1S/C29H29FN2O5/c1-18-20-9-10-24(33)21(17-31-12-14-32(15-13-31)23-7-5-4-6-22(23)30)28(20)37-29(34)27(18)19-8-11-25(35-2)26(16-19)36-3/h4-11,16,33H,12-15,17H2,1-3H3. The van der Waals surface area contributed by atoms with Crippen molar-refractivity contribution >= 4 is 16.7 Å². The summed E-state index contributed by atoms with van der Waals surface area (Å²) in [5.74, 6) is 0.923. The topological polar surface area (TPSA) is 75.4 Å². The summed E-state index contributed by atoms with van der Waals surface area (Å²) in [6, 6.07) is 15.5. The molecule has 1 aliphatic rings. The van der Waals surface area contributed by atoms with Gasteiger partial charge in [0, 0.05) is 38.1 Å². The number of methoxy groups -OCH3 is 2. The minimum absolute atomic E-state index is 0.0745. The molecule has 3 aromatic carbocycles. The van der Waals surface area contributed by atoms with E-state index in [1.54, 1.807) is 56.7 Å². The first-order chi connectivity index (χ1) is 17.9. The van der Waals surface area contributed by atoms with E-state index in [0.717, 1.165) is 10.9 Å². The van der Waals surface area contributed by atoms with Crippen LogP contribution in [0, 0.1) is 12.7 Å². The van der Waals surface area contributed by atoms with Crippen LogP contribution in [0.1, 0.15) is 11.1 Å². The fourth-order valence-corrected chi connectivity index (χ4v) is 5.02. The molecule has 7 nitrogen and oxygen atoms in total. The van der Waals surface area contributed by atoms with Gasteiger partial charge in [-0.25, -0.2) is 9.18 Å². The molecule has 0 aliphatic carbocycles. The number of nitrogens with zero attached hydrogens (tertiary/aromatic N) is 2. The van der Waals surface area contributed by atoms with Crippen molar-refractivity contribution in [2.45, 2.75) is 13.5 Å². The third kappa shape index (κ3) is 4.60. The number of phenolic OH excluding ortho intramolecular Hbond substituents is 1. The number of fused-ring (bicyclic) bond motifs is 1. The van der Waals surface area contributed by atoms with Gasteiger partial charge in [0.1, 0.15) is 17.1 Å². The van der Waals surface area contributed by atoms with Gasteiger partial charge < -0.3 is 23.9 Å². The Balaban J connectivity index is 1.45. The summed E-state index contributed by atoms with van der Waals surface area (Å²) in [4.78, 5) is 17.4. The summed E-state index contributed by atoms with van der Waals surface area (Å²) in [5, 5.41) is 11.5. The van der Waals surface area contributed by atoms with E-state index in [0.29, 0.717) is 72.2 Å². The zero-order valence-corrected chi connectivity index (χ0v) is 21.1. The molecule has 1 fully saturated rings. The molecule has 0 radical (unpaired) electrons. The summed E-state index contributed by atoms with van der Waals surface area (Å²) in [6.45, 7) is 4.94. The zero-order valence-electron chi connectivity index (χ0n) is 21.1. The number of ether oxygens (including phenoxy) is 2. The van der Waals surface area contributed by atoms with Crippen molar-refractivity contribution in [3.63, 3.8) is 0 Å². The molecule has 4 aromatic rings. The highest BCUT2D eigenvalue weighted by molar-refractivity contribution is 5.90. The number of aromatic hydroxyl groups is 1. The third-order valence-electron chi connectivity index (χ3n) is 7.03. The molecule has 1 N–H and O–H groups in total. The van der Waals surface area contributed by atoms with Gasteiger partial charge in [0.25, 0.3) is 0 Å². The molecule has 5 rings (SSSR count). The van der Waals surface area contributed by atoms with Crippen LogP contribution in [0.3, 0.4) is 0 Å². The Hall–Kier alpha value is -4.04. The average Bonchev–Trinajstić information content (AvgIpc) is 2.91. The lowest BCUT2D eigenvalue weighted by Gasteiger charge is -2.36. The first kappa shape index (κ1) is 24.6. The van der Waals surface area contributed by atoms with Gasteiger partial charge in [0.05, 0.1) is 31.0 Å². The highest BCUT2D eigenvalue weighted by Crippen LogP contribution is 2.36. The fourth-order valence-electron chi connectivity index (χ4n) is 5.02. The van der Waals surface area contributed by atoms with Gasteiger partial charge in [-0.05, 0) is 54.4 Å². The SMILES string of the molecule is COc1ccc(-c2c(C)c3ccc(O)c(CN4CCN(c5ccccc5F)CC4)c3oc2=O)cc1OC. The second-order valence-electron chi connectivity index (χ2n) is 9.11. The maximum Gasteiger partial charge on any atom is 0.344 e. The van der Waals surface area contributed by atoms with Crippen molar-refractivity contribution in [1.29, 1.82) is 0 Å². The minimum Gasteiger partial charge on any atom is -0.507 e. The van der Waals surface area contributed by atoms with Gasteiger partial charge in [-0.2, -0.15) is 0 Å². The number of rotatable bonds is 6. The van der Waals surface area contributed by atoms with Crippen LogP contribution in [0.5, 0.6) is 17.2 Å². The molecule has 0 unspecified atom stereocenters. The number of aryl methyl sites for hydroxylation is 1. The monoisotopic (exact) mass is 504 g/mol. The fraction of sp³-hybridized carbons (Fsp3) is 0.276. The van der Waals surface area contributed by atoms with E-state index in [4.69, 9.17) is 13.9 Å². The van der Waals surface area contributed by atoms with Gasteiger partial charge in [-0.3, -0.25) is 4.90 Å². The molecular formula is C29H29FN2O5. The summed E-state index contributed by atoms with van der Waals surface area (Å²) in [7, 11) is 3.10. The molecule has 0 amide bonds. The Morgan fingerprint density at radius 1 is 0.973 bits per heavy atom. The van der Waals surface area contributed by atoms with Gasteiger partial charge in [-0.1, -0.05) is 18.2 Å². The van der Waals surface area contributed by atoms with E-state index in [1.807, 2.05) is 17.9 Å². The lowest BCUT2D eigenvalue weighted by atomic mass is 9.97. The predicted molar refractivity (Wildman–Crippen MR) is 141 cm³/mol. The molecule has 192 valence electrons. The van der Waals surface area contributed by atoms with Gasteiger partial charge >= 0.3 is 5.63 Å². The Bertz CT molecular complexity index is 1510. The molecule has 0 bridgehead atoms. The number of hydrogen-bond acceptors (Lipinski definition) is 7. The van der Waals surface area contributed by atoms with E-state index < -0.39 is 5.63 Å². The number of phenols is 1. The lowest BCUT2D eigenvalue weighted by molar-refractivity contribution is 0.246. The van der Waals surface area contributed by atoms with Crippen LogP contribution in [0.25, 0.3) is 22.1 Å². The molecule has 37 heavy (non-hydrogen) atoms. The van der Waals surface area contributed by atoms with Gasteiger partial charge in [-0.15, -0.1) is 0 Å². The molecule has 1 aliphatic heterocycles. The number of anilines is 1. The first-order valence-electron chi connectivity index (χ1n) is 12.1. The Labute approximate surface area is 214 Å². The molecular weight excluding hydrogens is 475 g/mol. The van der Waals surface area contributed by atoms with Crippen molar-refractivity contribution in [3.8, 4) is 28.4 Å². The average molecular weight is 505 g/mol. The van der Waals surface area contributed by atoms with E-state index >= 15 is 0 Å².